The first kappa shape index (κ1) is 23.1. The van der Waals surface area contributed by atoms with Crippen LogP contribution in [-0.2, 0) is 0 Å². The molecule has 0 amide bonds. The Morgan fingerprint density at radius 1 is 1.14 bits per heavy atom. The second kappa shape index (κ2) is 10.9. The topological polar surface area (TPSA) is 241 Å². The van der Waals surface area contributed by atoms with Crippen LogP contribution in [0.3, 0.4) is 0 Å². The van der Waals surface area contributed by atoms with Crippen LogP contribution in [0.25, 0.3) is 0 Å². The van der Waals surface area contributed by atoms with E-state index in [1.807, 2.05) is 4.98 Å². The van der Waals surface area contributed by atoms with Crippen LogP contribution in [0, 0.1) is 0 Å². The third-order valence-electron chi connectivity index (χ3n) is 1.78. The smallest absolute Gasteiger partial charge is 0.325 e. The zero-order chi connectivity index (χ0) is 13.5. The molecule has 0 aromatic carbocycles. The lowest BCUT2D eigenvalue weighted by atomic mass is 10.3. The summed E-state index contributed by atoms with van der Waals surface area (Å²) in [5.41, 5.74) is 3.82. The summed E-state index contributed by atoms with van der Waals surface area (Å²) >= 11 is 0. The normalized spacial score (nSPS) is 7.81. The average molecular weight is 304 g/mol. The molecule has 2 rings (SSSR count). The van der Waals surface area contributed by atoms with Gasteiger partial charge in [-0.15, -0.1) is 0 Å². The molecule has 0 fully saturated rings. The molecule has 2 aromatic heterocycles. The zero-order valence-electron chi connectivity index (χ0n) is 10.6. The molecular formula is C10H16N4O7. The van der Waals surface area contributed by atoms with Crippen LogP contribution in [0.2, 0.25) is 0 Å². The first-order chi connectivity index (χ1) is 8.50. The monoisotopic (exact) mass is 304 g/mol. The number of H-pyrrole nitrogens is 3. The molecule has 0 saturated carbocycles. The summed E-state index contributed by atoms with van der Waals surface area (Å²) in [6.07, 6.45) is 4.36. The maximum absolute atomic E-state index is 10.6. The van der Waals surface area contributed by atoms with E-state index in [2.05, 4.69) is 4.98 Å². The Hall–Kier alpha value is -3.02. The van der Waals surface area contributed by atoms with Gasteiger partial charge in [-0.1, -0.05) is 0 Å². The molecule has 21 heavy (non-hydrogen) atoms. The molecule has 11 nitrogen and oxygen atoms in total. The van der Waals surface area contributed by atoms with Crippen LogP contribution in [0.4, 0.5) is 5.69 Å². The van der Waals surface area contributed by atoms with Crippen molar-refractivity contribution in [1.29, 1.82) is 0 Å². The third kappa shape index (κ3) is 7.89. The lowest BCUT2D eigenvalue weighted by molar-refractivity contribution is -0.377. The van der Waals surface area contributed by atoms with Gasteiger partial charge in [0.15, 0.2) is 12.4 Å². The van der Waals surface area contributed by atoms with E-state index in [0.717, 1.165) is 11.9 Å². The zero-order valence-corrected chi connectivity index (χ0v) is 10.6. The quantitative estimate of drug-likeness (QED) is 0.467. The van der Waals surface area contributed by atoms with Gasteiger partial charge >= 0.3 is 5.69 Å². The summed E-state index contributed by atoms with van der Waals surface area (Å²) in [6, 6.07) is 3.61. The molecule has 2 heterocycles. The van der Waals surface area contributed by atoms with Crippen LogP contribution in [-0.4, -0.2) is 32.4 Å². The highest BCUT2D eigenvalue weighted by Crippen LogP contribution is 1.90. The molecule has 2 aromatic rings. The van der Waals surface area contributed by atoms with Crippen molar-refractivity contribution in [2.24, 2.45) is 0 Å². The highest BCUT2D eigenvalue weighted by Gasteiger charge is 1.98. The van der Waals surface area contributed by atoms with E-state index in [-0.39, 0.29) is 16.4 Å². The number of hydrogen-bond acceptors (Lipinski definition) is 5. The standard InChI is InChI=1S/C5H4N2O4.C5H6N2.3H2O/c8-3-2(4(9)10)1-6-5(11)7-3;6-5-1-3-7-4-2-5;;;/h1H,(H,9,10)(H2,6,7,8,11);1-4H,(H2,6,7);3*1H2. The van der Waals surface area contributed by atoms with E-state index in [4.69, 9.17) is 5.73 Å². The second-order valence-corrected chi connectivity index (χ2v) is 3.11. The maximum Gasteiger partial charge on any atom is 0.325 e. The predicted octanol–water partition coefficient (Wildman–Crippen LogP) is -4.96. The first-order valence-corrected chi connectivity index (χ1v) is 4.75. The Bertz CT molecular complexity index is 638. The first-order valence-electron chi connectivity index (χ1n) is 4.75. The van der Waals surface area contributed by atoms with Crippen molar-refractivity contribution in [3.05, 3.63) is 57.1 Å². The van der Waals surface area contributed by atoms with Gasteiger partial charge in [0.1, 0.15) is 0 Å². The van der Waals surface area contributed by atoms with Gasteiger partial charge in [0.05, 0.1) is 11.5 Å². The molecule has 118 valence electrons. The number of carboxylic acids is 1. The summed E-state index contributed by atoms with van der Waals surface area (Å²) in [7, 11) is 0. The van der Waals surface area contributed by atoms with Gasteiger partial charge in [-0.05, 0) is 0 Å². The fourth-order valence-electron chi connectivity index (χ4n) is 0.961. The van der Waals surface area contributed by atoms with Crippen LogP contribution in [0.15, 0.2) is 40.3 Å². The Labute approximate surface area is 117 Å². The number of hydrogen-bond donors (Lipinski definition) is 3. The van der Waals surface area contributed by atoms with Crippen molar-refractivity contribution in [3.8, 4) is 0 Å². The van der Waals surface area contributed by atoms with Gasteiger partial charge in [-0.3, -0.25) is 9.78 Å². The molecule has 0 aliphatic heterocycles. The number of nitrogens with two attached hydrogens (primary N) is 1. The molecule has 0 unspecified atom stereocenters. The number of aromatic carboxylic acids is 1. The number of pyridine rings is 1. The largest absolute Gasteiger partial charge is 0.545 e. The van der Waals surface area contributed by atoms with Crippen molar-refractivity contribution in [2.45, 2.75) is 0 Å². The summed E-state index contributed by atoms with van der Waals surface area (Å²) in [4.78, 5) is 37.6. The Kier molecular flexibility index (Phi) is 11.9. The highest BCUT2D eigenvalue weighted by atomic mass is 16.4. The van der Waals surface area contributed by atoms with E-state index in [0.29, 0.717) is 0 Å². The minimum Gasteiger partial charge on any atom is -0.545 e. The van der Waals surface area contributed by atoms with Crippen molar-refractivity contribution >= 4 is 11.7 Å². The summed E-state index contributed by atoms with van der Waals surface area (Å²) in [5.74, 6) is -1.62. The van der Waals surface area contributed by atoms with Gasteiger partial charge < -0.3 is 37.0 Å². The van der Waals surface area contributed by atoms with Crippen molar-refractivity contribution in [2.75, 3.05) is 5.73 Å². The van der Waals surface area contributed by atoms with Crippen LogP contribution >= 0.6 is 0 Å². The number of aromatic amines is 3. The number of anilines is 1. The average Bonchev–Trinajstić information content (AvgIpc) is 2.30. The number of aromatic nitrogens is 3. The second-order valence-electron chi connectivity index (χ2n) is 3.11. The van der Waals surface area contributed by atoms with Gasteiger partial charge in [0.25, 0.3) is 5.56 Å². The molecule has 0 radical (unpaired) electrons. The Morgan fingerprint density at radius 3 is 2.00 bits per heavy atom. The number of nitrogens with one attached hydrogen (secondary N) is 3. The maximum atomic E-state index is 10.6. The number of carboxylic acid groups (broad SMARTS) is 1. The minimum atomic E-state index is -1.62. The van der Waals surface area contributed by atoms with Crippen molar-refractivity contribution in [1.82, 2.24) is 9.97 Å². The molecule has 11 N–H and O–H groups in total. The van der Waals surface area contributed by atoms with E-state index in [1.165, 1.54) is 0 Å². The molecule has 11 heteroatoms. The number of nitrogen functional groups attached to an aromatic ring is 1. The van der Waals surface area contributed by atoms with Gasteiger partial charge in [-0.2, -0.15) is 0 Å². The van der Waals surface area contributed by atoms with Crippen LogP contribution < -0.4 is 27.1 Å². The van der Waals surface area contributed by atoms with Crippen molar-refractivity contribution in [3.63, 3.8) is 0 Å². The molecular weight excluding hydrogens is 288 g/mol. The summed E-state index contributed by atoms with van der Waals surface area (Å²) in [6.45, 7) is 0. The van der Waals surface area contributed by atoms with Crippen molar-refractivity contribution < 1.29 is 31.3 Å². The number of carbonyl (C=O) groups is 1. The summed E-state index contributed by atoms with van der Waals surface area (Å²) in [5, 5.41) is 10.1. The van der Waals surface area contributed by atoms with Gasteiger partial charge in [-0.25, -0.2) is 9.78 Å². The molecule has 0 saturated heterocycles. The van der Waals surface area contributed by atoms with Crippen LogP contribution in [0.1, 0.15) is 10.4 Å². The van der Waals surface area contributed by atoms with Gasteiger partial charge in [0, 0.05) is 24.0 Å². The lowest BCUT2D eigenvalue weighted by Crippen LogP contribution is -2.33. The highest BCUT2D eigenvalue weighted by molar-refractivity contribution is 5.84. The van der Waals surface area contributed by atoms with E-state index in [1.54, 1.807) is 29.5 Å². The number of rotatable bonds is 1. The minimum absolute atomic E-state index is 0. The van der Waals surface area contributed by atoms with E-state index in [9.17, 15) is 19.5 Å². The molecule has 0 spiro atoms. The molecule has 0 aliphatic rings. The molecule has 0 bridgehead atoms. The SMILES string of the molecule is Nc1cc[nH+]cc1.O.O.O.O=C([O-])c1c[nH]c(=O)[nH]c1=O. The van der Waals surface area contributed by atoms with Gasteiger partial charge in [0.2, 0.25) is 0 Å². The fourth-order valence-corrected chi connectivity index (χ4v) is 0.961. The molecule has 0 aliphatic carbocycles. The van der Waals surface area contributed by atoms with Crippen LogP contribution in [0.5, 0.6) is 0 Å². The predicted molar refractivity (Wildman–Crippen MR) is 70.3 cm³/mol. The Morgan fingerprint density at radius 2 is 1.67 bits per heavy atom. The van der Waals surface area contributed by atoms with E-state index >= 15 is 0 Å². The number of carbonyl (C=O) groups excluding carboxylic acids is 1. The molecule has 0 atom stereocenters. The van der Waals surface area contributed by atoms with E-state index < -0.39 is 22.8 Å². The fraction of sp³-hybridized carbons (Fsp3) is 0. The Balaban J connectivity index is -0.000000288. The third-order valence-corrected chi connectivity index (χ3v) is 1.78. The summed E-state index contributed by atoms with van der Waals surface area (Å²) < 4.78 is 0. The lowest BCUT2D eigenvalue weighted by Gasteiger charge is -1.96.